The summed E-state index contributed by atoms with van der Waals surface area (Å²) < 4.78 is 5.14. The van der Waals surface area contributed by atoms with E-state index in [1.807, 2.05) is 31.2 Å². The van der Waals surface area contributed by atoms with Gasteiger partial charge in [-0.3, -0.25) is 0 Å². The monoisotopic (exact) mass is 283 g/mol. The maximum absolute atomic E-state index is 12.0. The van der Waals surface area contributed by atoms with E-state index in [1.54, 1.807) is 0 Å². The zero-order valence-electron chi connectivity index (χ0n) is 11.8. The molecule has 2 unspecified atom stereocenters. The highest BCUT2D eigenvalue weighted by Crippen LogP contribution is 2.20. The largest absolute Gasteiger partial charge is 0.464 e. The smallest absolute Gasteiger partial charge is 0.328 e. The standard InChI is InChI=1S/C15H22ClNO2/c1-4-7-11(3)14(15(18)19-5-2)17-13-9-6-8-12(16)10-13/h6,8-11,14,17H,4-5,7H2,1-3H3. The van der Waals surface area contributed by atoms with Crippen molar-refractivity contribution in [2.75, 3.05) is 11.9 Å². The second kappa shape index (κ2) is 8.05. The first-order valence-corrected chi connectivity index (χ1v) is 7.15. The van der Waals surface area contributed by atoms with Crippen molar-refractivity contribution in [3.05, 3.63) is 29.3 Å². The normalized spacial score (nSPS) is 13.7. The van der Waals surface area contributed by atoms with Gasteiger partial charge in [-0.25, -0.2) is 4.79 Å². The Bertz CT molecular complexity index is 409. The number of ether oxygens (including phenoxy) is 1. The minimum Gasteiger partial charge on any atom is -0.464 e. The van der Waals surface area contributed by atoms with Crippen LogP contribution in [0, 0.1) is 5.92 Å². The Balaban J connectivity index is 2.81. The summed E-state index contributed by atoms with van der Waals surface area (Å²) in [4.78, 5) is 12.0. The maximum atomic E-state index is 12.0. The van der Waals surface area contributed by atoms with Crippen molar-refractivity contribution < 1.29 is 9.53 Å². The minimum atomic E-state index is -0.335. The summed E-state index contributed by atoms with van der Waals surface area (Å²) in [6.07, 6.45) is 2.01. The van der Waals surface area contributed by atoms with Gasteiger partial charge in [-0.1, -0.05) is 37.9 Å². The Morgan fingerprint density at radius 2 is 2.16 bits per heavy atom. The van der Waals surface area contributed by atoms with Gasteiger partial charge in [-0.15, -0.1) is 0 Å². The number of nitrogens with one attached hydrogen (secondary N) is 1. The van der Waals surface area contributed by atoms with Crippen LogP contribution in [-0.2, 0) is 9.53 Å². The van der Waals surface area contributed by atoms with Crippen LogP contribution in [0.15, 0.2) is 24.3 Å². The van der Waals surface area contributed by atoms with Crippen LogP contribution in [0.4, 0.5) is 5.69 Å². The molecular formula is C15H22ClNO2. The maximum Gasteiger partial charge on any atom is 0.328 e. The first-order valence-electron chi connectivity index (χ1n) is 6.77. The van der Waals surface area contributed by atoms with Crippen LogP contribution in [-0.4, -0.2) is 18.6 Å². The molecule has 2 atom stereocenters. The molecule has 0 aliphatic heterocycles. The van der Waals surface area contributed by atoms with Crippen LogP contribution in [0.25, 0.3) is 0 Å². The lowest BCUT2D eigenvalue weighted by molar-refractivity contribution is -0.145. The highest BCUT2D eigenvalue weighted by molar-refractivity contribution is 6.30. The summed E-state index contributed by atoms with van der Waals surface area (Å²) >= 11 is 5.95. The van der Waals surface area contributed by atoms with Gasteiger partial charge in [0.25, 0.3) is 0 Å². The summed E-state index contributed by atoms with van der Waals surface area (Å²) in [5.41, 5.74) is 0.841. The van der Waals surface area contributed by atoms with Gasteiger partial charge >= 0.3 is 5.97 Å². The predicted octanol–water partition coefficient (Wildman–Crippen LogP) is 4.12. The molecule has 1 rings (SSSR count). The van der Waals surface area contributed by atoms with E-state index in [2.05, 4.69) is 19.2 Å². The van der Waals surface area contributed by atoms with Gasteiger partial charge in [0.1, 0.15) is 6.04 Å². The highest BCUT2D eigenvalue weighted by Gasteiger charge is 2.25. The van der Waals surface area contributed by atoms with E-state index in [4.69, 9.17) is 16.3 Å². The number of benzene rings is 1. The topological polar surface area (TPSA) is 38.3 Å². The van der Waals surface area contributed by atoms with E-state index < -0.39 is 0 Å². The van der Waals surface area contributed by atoms with Crippen LogP contribution >= 0.6 is 11.6 Å². The molecule has 0 aliphatic rings. The van der Waals surface area contributed by atoms with Gasteiger partial charge in [0.15, 0.2) is 0 Å². The molecule has 19 heavy (non-hydrogen) atoms. The number of halogens is 1. The van der Waals surface area contributed by atoms with E-state index in [-0.39, 0.29) is 17.9 Å². The van der Waals surface area contributed by atoms with Crippen molar-refractivity contribution in [1.29, 1.82) is 0 Å². The summed E-state index contributed by atoms with van der Waals surface area (Å²) in [7, 11) is 0. The Hall–Kier alpha value is -1.22. The van der Waals surface area contributed by atoms with Gasteiger partial charge < -0.3 is 10.1 Å². The summed E-state index contributed by atoms with van der Waals surface area (Å²) in [5.74, 6) is 0.00598. The van der Waals surface area contributed by atoms with Crippen molar-refractivity contribution in [2.45, 2.75) is 39.7 Å². The lowest BCUT2D eigenvalue weighted by atomic mass is 9.96. The summed E-state index contributed by atoms with van der Waals surface area (Å²) in [6.45, 7) is 6.38. The average Bonchev–Trinajstić information content (AvgIpc) is 2.36. The van der Waals surface area contributed by atoms with E-state index in [0.717, 1.165) is 18.5 Å². The highest BCUT2D eigenvalue weighted by atomic mass is 35.5. The molecule has 0 amide bonds. The third-order valence-electron chi connectivity index (χ3n) is 3.00. The van der Waals surface area contributed by atoms with Crippen LogP contribution in [0.3, 0.4) is 0 Å². The van der Waals surface area contributed by atoms with Gasteiger partial charge in [0.2, 0.25) is 0 Å². The molecule has 1 aromatic rings. The molecule has 0 aliphatic carbocycles. The number of anilines is 1. The van der Waals surface area contributed by atoms with Crippen LogP contribution < -0.4 is 5.32 Å². The molecule has 0 saturated heterocycles. The molecule has 4 heteroatoms. The Morgan fingerprint density at radius 3 is 2.74 bits per heavy atom. The second-order valence-corrected chi connectivity index (χ2v) is 5.09. The zero-order chi connectivity index (χ0) is 14.3. The van der Waals surface area contributed by atoms with Crippen molar-refractivity contribution in [3.63, 3.8) is 0 Å². The second-order valence-electron chi connectivity index (χ2n) is 4.65. The van der Waals surface area contributed by atoms with E-state index >= 15 is 0 Å². The minimum absolute atomic E-state index is 0.205. The first-order chi connectivity index (χ1) is 9.08. The van der Waals surface area contributed by atoms with Crippen LogP contribution in [0.1, 0.15) is 33.6 Å². The molecular weight excluding hydrogens is 262 g/mol. The molecule has 0 fully saturated rings. The molecule has 3 nitrogen and oxygen atoms in total. The number of hydrogen-bond donors (Lipinski definition) is 1. The molecule has 0 spiro atoms. The van der Waals surface area contributed by atoms with E-state index in [9.17, 15) is 4.79 Å². The van der Waals surface area contributed by atoms with Crippen LogP contribution in [0.5, 0.6) is 0 Å². The molecule has 106 valence electrons. The lowest BCUT2D eigenvalue weighted by Crippen LogP contribution is -2.37. The number of carbonyl (C=O) groups excluding carboxylic acids is 1. The Kier molecular flexibility index (Phi) is 6.71. The average molecular weight is 284 g/mol. The number of rotatable bonds is 7. The number of carbonyl (C=O) groups is 1. The van der Waals surface area contributed by atoms with E-state index in [0.29, 0.717) is 11.6 Å². The molecule has 1 N–H and O–H groups in total. The van der Waals surface area contributed by atoms with Crippen LogP contribution in [0.2, 0.25) is 5.02 Å². The summed E-state index contributed by atoms with van der Waals surface area (Å²) in [5, 5.41) is 3.88. The van der Waals surface area contributed by atoms with Crippen molar-refractivity contribution in [3.8, 4) is 0 Å². The molecule has 0 radical (unpaired) electrons. The quantitative estimate of drug-likeness (QED) is 0.765. The molecule has 1 aromatic carbocycles. The fourth-order valence-corrected chi connectivity index (χ4v) is 2.24. The number of esters is 1. The molecule has 0 heterocycles. The van der Waals surface area contributed by atoms with Gasteiger partial charge in [-0.2, -0.15) is 0 Å². The van der Waals surface area contributed by atoms with E-state index in [1.165, 1.54) is 0 Å². The Morgan fingerprint density at radius 1 is 1.42 bits per heavy atom. The predicted molar refractivity (Wildman–Crippen MR) is 79.6 cm³/mol. The summed E-state index contributed by atoms with van der Waals surface area (Å²) in [6, 6.07) is 7.04. The van der Waals surface area contributed by atoms with Gasteiger partial charge in [0.05, 0.1) is 6.61 Å². The third-order valence-corrected chi connectivity index (χ3v) is 3.24. The molecule has 0 aromatic heterocycles. The fraction of sp³-hybridized carbons (Fsp3) is 0.533. The van der Waals surface area contributed by atoms with Gasteiger partial charge in [-0.05, 0) is 37.5 Å². The zero-order valence-corrected chi connectivity index (χ0v) is 12.5. The third kappa shape index (κ3) is 5.11. The van der Waals surface area contributed by atoms with Gasteiger partial charge in [0, 0.05) is 10.7 Å². The SMILES string of the molecule is CCCC(C)C(Nc1cccc(Cl)c1)C(=O)OCC. The van der Waals surface area contributed by atoms with Crippen molar-refractivity contribution in [2.24, 2.45) is 5.92 Å². The first kappa shape index (κ1) is 15.8. The van der Waals surface area contributed by atoms with Crippen molar-refractivity contribution in [1.82, 2.24) is 0 Å². The number of hydrogen-bond acceptors (Lipinski definition) is 3. The fourth-order valence-electron chi connectivity index (χ4n) is 2.05. The molecule has 0 bridgehead atoms. The van der Waals surface area contributed by atoms with Crippen molar-refractivity contribution >= 4 is 23.3 Å². The molecule has 0 saturated carbocycles. The lowest BCUT2D eigenvalue weighted by Gasteiger charge is -2.24. The Labute approximate surface area is 120 Å².